The van der Waals surface area contributed by atoms with Crippen LogP contribution in [0.3, 0.4) is 0 Å². The van der Waals surface area contributed by atoms with E-state index in [1.807, 2.05) is 13.0 Å². The van der Waals surface area contributed by atoms with Gasteiger partial charge in [0, 0.05) is 6.20 Å². The molecule has 0 aromatic carbocycles. The number of hydrogen-bond donors (Lipinski definition) is 2. The van der Waals surface area contributed by atoms with Crippen molar-refractivity contribution in [3.8, 4) is 0 Å². The number of carbonyl (C=O) groups is 1. The number of aryl methyl sites for hydroxylation is 1. The maximum Gasteiger partial charge on any atom is 0.250 e. The van der Waals surface area contributed by atoms with Crippen LogP contribution < -0.4 is 10.6 Å². The summed E-state index contributed by atoms with van der Waals surface area (Å²) < 4.78 is 5.57. The molecule has 0 spiro atoms. The Labute approximate surface area is 107 Å². The Balaban J connectivity index is 1.74. The van der Waals surface area contributed by atoms with Gasteiger partial charge in [-0.2, -0.15) is 0 Å². The Morgan fingerprint density at radius 2 is 2.28 bits per heavy atom. The van der Waals surface area contributed by atoms with Gasteiger partial charge in [0.25, 0.3) is 0 Å². The highest BCUT2D eigenvalue weighted by Crippen LogP contribution is 2.09. The summed E-state index contributed by atoms with van der Waals surface area (Å²) in [5, 5.41) is 6.04. The zero-order chi connectivity index (χ0) is 12.8. The van der Waals surface area contributed by atoms with E-state index in [0.29, 0.717) is 5.69 Å². The van der Waals surface area contributed by atoms with Gasteiger partial charge in [-0.25, -0.2) is 0 Å². The van der Waals surface area contributed by atoms with Crippen molar-refractivity contribution in [1.29, 1.82) is 0 Å². The molecular formula is C13H19N3O2. The molecule has 18 heavy (non-hydrogen) atoms. The first kappa shape index (κ1) is 13.0. The lowest BCUT2D eigenvalue weighted by molar-refractivity contribution is -0.123. The van der Waals surface area contributed by atoms with E-state index in [9.17, 15) is 4.79 Å². The van der Waals surface area contributed by atoms with E-state index in [-0.39, 0.29) is 18.6 Å². The van der Waals surface area contributed by atoms with E-state index in [1.165, 1.54) is 0 Å². The summed E-state index contributed by atoms with van der Waals surface area (Å²) in [5.41, 5.74) is 1.74. The Morgan fingerprint density at radius 1 is 1.50 bits per heavy atom. The second-order valence-corrected chi connectivity index (χ2v) is 4.56. The minimum Gasteiger partial charge on any atom is -0.368 e. The maximum atomic E-state index is 11.7. The number of piperidine rings is 1. The normalized spacial score (nSPS) is 16.5. The molecule has 1 aromatic rings. The van der Waals surface area contributed by atoms with Crippen molar-refractivity contribution in [3.63, 3.8) is 0 Å². The van der Waals surface area contributed by atoms with Crippen LogP contribution in [0.5, 0.6) is 0 Å². The lowest BCUT2D eigenvalue weighted by Crippen LogP contribution is -2.34. The highest BCUT2D eigenvalue weighted by molar-refractivity contribution is 5.91. The van der Waals surface area contributed by atoms with E-state index >= 15 is 0 Å². The number of ether oxygens (including phenoxy) is 1. The van der Waals surface area contributed by atoms with Gasteiger partial charge in [0.1, 0.15) is 6.61 Å². The molecule has 0 unspecified atom stereocenters. The van der Waals surface area contributed by atoms with Crippen LogP contribution in [0.25, 0.3) is 0 Å². The van der Waals surface area contributed by atoms with Crippen LogP contribution in [0.4, 0.5) is 5.69 Å². The molecule has 2 heterocycles. The fourth-order valence-corrected chi connectivity index (χ4v) is 1.98. The van der Waals surface area contributed by atoms with Crippen molar-refractivity contribution < 1.29 is 9.53 Å². The summed E-state index contributed by atoms with van der Waals surface area (Å²) >= 11 is 0. The van der Waals surface area contributed by atoms with Gasteiger partial charge in [-0.1, -0.05) is 0 Å². The van der Waals surface area contributed by atoms with E-state index in [4.69, 9.17) is 4.74 Å². The van der Waals surface area contributed by atoms with Gasteiger partial charge in [-0.05, 0) is 44.5 Å². The third-order valence-electron chi connectivity index (χ3n) is 2.90. The van der Waals surface area contributed by atoms with Gasteiger partial charge in [-0.15, -0.1) is 0 Å². The van der Waals surface area contributed by atoms with Crippen LogP contribution in [-0.2, 0) is 9.53 Å². The van der Waals surface area contributed by atoms with Crippen LogP contribution in [0.15, 0.2) is 18.5 Å². The molecular weight excluding hydrogens is 230 g/mol. The molecule has 0 atom stereocenters. The molecule has 1 aromatic heterocycles. The molecule has 1 aliphatic heterocycles. The molecule has 5 nitrogen and oxygen atoms in total. The maximum absolute atomic E-state index is 11.7. The van der Waals surface area contributed by atoms with Crippen LogP contribution >= 0.6 is 0 Å². The van der Waals surface area contributed by atoms with Crippen molar-refractivity contribution in [3.05, 3.63) is 24.0 Å². The largest absolute Gasteiger partial charge is 0.368 e. The Bertz CT molecular complexity index is 403. The first-order valence-electron chi connectivity index (χ1n) is 6.28. The summed E-state index contributed by atoms with van der Waals surface area (Å²) in [6, 6.07) is 1.88. The average Bonchev–Trinajstić information content (AvgIpc) is 2.38. The zero-order valence-corrected chi connectivity index (χ0v) is 10.6. The predicted octanol–water partition coefficient (Wildman–Crippen LogP) is 1.10. The summed E-state index contributed by atoms with van der Waals surface area (Å²) in [5.74, 6) is -0.124. The Morgan fingerprint density at radius 3 is 3.00 bits per heavy atom. The first-order chi connectivity index (χ1) is 8.74. The molecule has 2 N–H and O–H groups in total. The van der Waals surface area contributed by atoms with Crippen LogP contribution in [0.1, 0.15) is 18.4 Å². The fraction of sp³-hybridized carbons (Fsp3) is 0.538. The SMILES string of the molecule is Cc1cncc(NC(=O)COC2CCNCC2)c1. The number of aromatic nitrogens is 1. The Hall–Kier alpha value is -1.46. The first-order valence-corrected chi connectivity index (χ1v) is 6.28. The smallest absolute Gasteiger partial charge is 0.250 e. The molecule has 1 fully saturated rings. The quantitative estimate of drug-likeness (QED) is 0.838. The fourth-order valence-electron chi connectivity index (χ4n) is 1.98. The lowest BCUT2D eigenvalue weighted by Gasteiger charge is -2.22. The predicted molar refractivity (Wildman–Crippen MR) is 69.4 cm³/mol. The van der Waals surface area contributed by atoms with E-state index in [0.717, 1.165) is 31.5 Å². The Kier molecular flexibility index (Phi) is 4.66. The summed E-state index contributed by atoms with van der Waals surface area (Å²) in [4.78, 5) is 15.7. The topological polar surface area (TPSA) is 63.2 Å². The molecule has 98 valence electrons. The molecule has 1 saturated heterocycles. The number of hydrogen-bond acceptors (Lipinski definition) is 4. The second-order valence-electron chi connectivity index (χ2n) is 4.56. The van der Waals surface area contributed by atoms with Gasteiger partial charge in [0.05, 0.1) is 18.0 Å². The van der Waals surface area contributed by atoms with Crippen molar-refractivity contribution in [1.82, 2.24) is 10.3 Å². The number of nitrogens with one attached hydrogen (secondary N) is 2. The molecule has 0 radical (unpaired) electrons. The lowest BCUT2D eigenvalue weighted by atomic mass is 10.1. The minimum absolute atomic E-state index is 0.110. The molecule has 0 saturated carbocycles. The van der Waals surface area contributed by atoms with Crippen molar-refractivity contribution in [2.24, 2.45) is 0 Å². The average molecular weight is 249 g/mol. The van der Waals surface area contributed by atoms with Gasteiger partial charge < -0.3 is 15.4 Å². The zero-order valence-electron chi connectivity index (χ0n) is 10.6. The molecule has 0 aliphatic carbocycles. The van der Waals surface area contributed by atoms with Gasteiger partial charge >= 0.3 is 0 Å². The van der Waals surface area contributed by atoms with Gasteiger partial charge in [-0.3, -0.25) is 9.78 Å². The van der Waals surface area contributed by atoms with Crippen molar-refractivity contribution in [2.75, 3.05) is 25.0 Å². The number of anilines is 1. The third-order valence-corrected chi connectivity index (χ3v) is 2.90. The van der Waals surface area contributed by atoms with Crippen LogP contribution in [-0.4, -0.2) is 36.7 Å². The molecule has 1 amide bonds. The van der Waals surface area contributed by atoms with Crippen LogP contribution in [0.2, 0.25) is 0 Å². The monoisotopic (exact) mass is 249 g/mol. The van der Waals surface area contributed by atoms with E-state index in [2.05, 4.69) is 15.6 Å². The van der Waals surface area contributed by atoms with Crippen molar-refractivity contribution in [2.45, 2.75) is 25.9 Å². The summed E-state index contributed by atoms with van der Waals surface area (Å²) in [7, 11) is 0. The standard InChI is InChI=1S/C13H19N3O2/c1-10-6-11(8-15-7-10)16-13(17)9-18-12-2-4-14-5-3-12/h6-8,12,14H,2-5,9H2,1H3,(H,16,17). The van der Waals surface area contributed by atoms with E-state index < -0.39 is 0 Å². The summed E-state index contributed by atoms with van der Waals surface area (Å²) in [6.45, 7) is 3.98. The molecule has 1 aliphatic rings. The number of rotatable bonds is 4. The number of pyridine rings is 1. The molecule has 2 rings (SSSR count). The number of amides is 1. The van der Waals surface area contributed by atoms with Gasteiger partial charge in [0.15, 0.2) is 0 Å². The highest BCUT2D eigenvalue weighted by atomic mass is 16.5. The number of carbonyl (C=O) groups excluding carboxylic acids is 1. The minimum atomic E-state index is -0.124. The number of nitrogens with zero attached hydrogens (tertiary/aromatic N) is 1. The van der Waals surface area contributed by atoms with E-state index in [1.54, 1.807) is 12.4 Å². The highest BCUT2D eigenvalue weighted by Gasteiger charge is 2.14. The van der Waals surface area contributed by atoms with Gasteiger partial charge in [0.2, 0.25) is 5.91 Å². The summed E-state index contributed by atoms with van der Waals surface area (Å²) in [6.07, 6.45) is 5.53. The van der Waals surface area contributed by atoms with Crippen molar-refractivity contribution >= 4 is 11.6 Å². The van der Waals surface area contributed by atoms with Crippen LogP contribution in [0, 0.1) is 6.92 Å². The molecule has 5 heteroatoms. The molecule has 0 bridgehead atoms. The third kappa shape index (κ3) is 4.09. The second kappa shape index (κ2) is 6.47.